The molecule has 0 aliphatic carbocycles. The molecule has 0 radical (unpaired) electrons. The molecule has 0 aliphatic heterocycles. The average Bonchev–Trinajstić information content (AvgIpc) is 3.27. The molecule has 0 unspecified atom stereocenters. The summed E-state index contributed by atoms with van der Waals surface area (Å²) < 4.78 is 24.2. The van der Waals surface area contributed by atoms with Crippen LogP contribution in [0.15, 0.2) is 146 Å². The number of rotatable bonds is 16. The van der Waals surface area contributed by atoms with E-state index in [4.69, 9.17) is 18.9 Å². The summed E-state index contributed by atoms with van der Waals surface area (Å²) in [5.41, 5.74) is 1.58. The fourth-order valence-corrected chi connectivity index (χ4v) is 6.17. The summed E-state index contributed by atoms with van der Waals surface area (Å²) in [5, 5.41) is 0. The molecular formula is C49H42O9. The fraction of sp³-hybridized carbons (Fsp3) is 0.163. The van der Waals surface area contributed by atoms with Crippen LogP contribution in [0.3, 0.4) is 0 Å². The van der Waals surface area contributed by atoms with Crippen molar-refractivity contribution in [2.24, 2.45) is 0 Å². The number of aryl methyl sites for hydroxylation is 2. The van der Waals surface area contributed by atoms with E-state index in [0.717, 1.165) is 12.8 Å². The van der Waals surface area contributed by atoms with E-state index in [1.54, 1.807) is 133 Å². The molecular weight excluding hydrogens is 733 g/mol. The number of unbranched alkanes of at least 4 members (excludes halogenated alkanes) is 2. The van der Waals surface area contributed by atoms with Crippen LogP contribution in [0.25, 0.3) is 0 Å². The maximum Gasteiger partial charge on any atom is 0.343 e. The summed E-state index contributed by atoms with van der Waals surface area (Å²) in [6.45, 7) is 4.02. The number of hydrogen-bond donors (Lipinski definition) is 0. The number of esters is 4. The van der Waals surface area contributed by atoms with E-state index >= 15 is 4.79 Å². The van der Waals surface area contributed by atoms with Gasteiger partial charge in [-0.3, -0.25) is 4.79 Å². The Labute approximate surface area is 337 Å². The third kappa shape index (κ3) is 9.81. The lowest BCUT2D eigenvalue weighted by Crippen LogP contribution is -2.19. The number of carbonyl (C=O) groups excluding carboxylic acids is 5. The second kappa shape index (κ2) is 19.6. The lowest BCUT2D eigenvalue weighted by atomic mass is 9.95. The predicted molar refractivity (Wildman–Crippen MR) is 219 cm³/mol. The highest BCUT2D eigenvalue weighted by atomic mass is 16.6. The zero-order chi connectivity index (χ0) is 40.9. The highest BCUT2D eigenvalue weighted by Gasteiger charge is 2.31. The molecule has 0 saturated heterocycles. The first-order valence-corrected chi connectivity index (χ1v) is 19.2. The Kier molecular flexibility index (Phi) is 13.7. The molecule has 292 valence electrons. The number of benzene rings is 6. The minimum atomic E-state index is -0.803. The molecule has 0 spiro atoms. The van der Waals surface area contributed by atoms with Gasteiger partial charge in [-0.1, -0.05) is 112 Å². The van der Waals surface area contributed by atoms with Gasteiger partial charge in [0, 0.05) is 0 Å². The smallest absolute Gasteiger partial charge is 0.343 e. The van der Waals surface area contributed by atoms with Gasteiger partial charge in [-0.25, -0.2) is 19.2 Å². The zero-order valence-corrected chi connectivity index (χ0v) is 32.3. The molecule has 0 aliphatic rings. The fourth-order valence-electron chi connectivity index (χ4n) is 6.17. The third-order valence-electron chi connectivity index (χ3n) is 9.29. The Hall–Kier alpha value is -7.13. The standard InChI is InChI=1S/C49H42O9/c1-3-5-19-33-29-31-39(44(57-48(53)37-25-15-9-16-26-37)42(33)55-46(51)35-21-11-7-12-22-35)41(50)40-32-30-34(20-6-4-2)43(56-47(52)36-23-13-8-14-24-36)45(40)58-49(54)38-27-17-10-18-28-38/h7-18,21-32H,3-6,19-20H2,1-2H3. The molecule has 0 fully saturated rings. The number of ketones is 1. The molecule has 9 nitrogen and oxygen atoms in total. The number of ether oxygens (including phenoxy) is 4. The topological polar surface area (TPSA) is 122 Å². The molecule has 0 N–H and O–H groups in total. The highest BCUT2D eigenvalue weighted by molar-refractivity contribution is 6.15. The highest BCUT2D eigenvalue weighted by Crippen LogP contribution is 2.43. The van der Waals surface area contributed by atoms with E-state index in [0.29, 0.717) is 36.8 Å². The molecule has 0 aromatic heterocycles. The van der Waals surface area contributed by atoms with E-state index < -0.39 is 29.7 Å². The molecule has 0 atom stereocenters. The van der Waals surface area contributed by atoms with Crippen LogP contribution in [0.4, 0.5) is 0 Å². The summed E-state index contributed by atoms with van der Waals surface area (Å²) in [6.07, 6.45) is 3.87. The second-order valence-electron chi connectivity index (χ2n) is 13.4. The number of carbonyl (C=O) groups is 5. The maximum atomic E-state index is 15.1. The van der Waals surface area contributed by atoms with Crippen molar-refractivity contribution in [2.45, 2.75) is 52.4 Å². The van der Waals surface area contributed by atoms with Crippen molar-refractivity contribution in [3.63, 3.8) is 0 Å². The minimum absolute atomic E-state index is 0.101. The van der Waals surface area contributed by atoms with Crippen LogP contribution in [0, 0.1) is 0 Å². The normalized spacial score (nSPS) is 10.7. The molecule has 0 heterocycles. The van der Waals surface area contributed by atoms with Crippen molar-refractivity contribution in [3.05, 3.63) is 190 Å². The molecule has 0 bridgehead atoms. The first-order chi connectivity index (χ1) is 28.3. The predicted octanol–water partition coefficient (Wildman–Crippen LogP) is 10.5. The first-order valence-electron chi connectivity index (χ1n) is 19.2. The first kappa shape index (κ1) is 40.5. The largest absolute Gasteiger partial charge is 0.419 e. The van der Waals surface area contributed by atoms with Crippen molar-refractivity contribution in [2.75, 3.05) is 0 Å². The third-order valence-corrected chi connectivity index (χ3v) is 9.29. The van der Waals surface area contributed by atoms with E-state index in [1.165, 1.54) is 12.1 Å². The van der Waals surface area contributed by atoms with Crippen molar-refractivity contribution in [1.82, 2.24) is 0 Å². The van der Waals surface area contributed by atoms with Gasteiger partial charge in [-0.15, -0.1) is 0 Å². The van der Waals surface area contributed by atoms with Gasteiger partial charge >= 0.3 is 23.9 Å². The second-order valence-corrected chi connectivity index (χ2v) is 13.4. The van der Waals surface area contributed by atoms with Crippen LogP contribution < -0.4 is 18.9 Å². The van der Waals surface area contributed by atoms with E-state index in [9.17, 15) is 19.2 Å². The van der Waals surface area contributed by atoms with Gasteiger partial charge in [0.05, 0.1) is 33.4 Å². The van der Waals surface area contributed by atoms with Crippen LogP contribution in [0.5, 0.6) is 23.0 Å². The quantitative estimate of drug-likeness (QED) is 0.0537. The van der Waals surface area contributed by atoms with Gasteiger partial charge in [0.2, 0.25) is 5.78 Å². The van der Waals surface area contributed by atoms with E-state index in [-0.39, 0.29) is 56.4 Å². The molecule has 6 aromatic rings. The van der Waals surface area contributed by atoms with Crippen LogP contribution in [-0.4, -0.2) is 29.7 Å². The van der Waals surface area contributed by atoms with Gasteiger partial charge in [-0.2, -0.15) is 0 Å². The Morgan fingerprint density at radius 3 is 0.914 bits per heavy atom. The van der Waals surface area contributed by atoms with Crippen molar-refractivity contribution in [1.29, 1.82) is 0 Å². The average molecular weight is 775 g/mol. The van der Waals surface area contributed by atoms with Crippen molar-refractivity contribution in [3.8, 4) is 23.0 Å². The Morgan fingerprint density at radius 2 is 0.638 bits per heavy atom. The monoisotopic (exact) mass is 774 g/mol. The van der Waals surface area contributed by atoms with Crippen LogP contribution in [0.1, 0.15) is 108 Å². The van der Waals surface area contributed by atoms with Gasteiger partial charge in [0.1, 0.15) is 0 Å². The lowest BCUT2D eigenvalue weighted by molar-refractivity contribution is 0.0675. The molecule has 6 rings (SSSR count). The molecule has 9 heteroatoms. The summed E-state index contributed by atoms with van der Waals surface area (Å²) in [4.78, 5) is 70.0. The summed E-state index contributed by atoms with van der Waals surface area (Å²) >= 11 is 0. The van der Waals surface area contributed by atoms with Crippen LogP contribution in [0.2, 0.25) is 0 Å². The van der Waals surface area contributed by atoms with Crippen LogP contribution in [-0.2, 0) is 12.8 Å². The summed E-state index contributed by atoms with van der Waals surface area (Å²) in [5.74, 6) is -4.62. The lowest BCUT2D eigenvalue weighted by Gasteiger charge is -2.20. The van der Waals surface area contributed by atoms with Gasteiger partial charge in [0.25, 0.3) is 0 Å². The van der Waals surface area contributed by atoms with Crippen LogP contribution >= 0.6 is 0 Å². The Bertz CT molecular complexity index is 2220. The number of hydrogen-bond acceptors (Lipinski definition) is 9. The molecule has 58 heavy (non-hydrogen) atoms. The van der Waals surface area contributed by atoms with Crippen molar-refractivity contribution >= 4 is 29.7 Å². The molecule has 0 amide bonds. The summed E-state index contributed by atoms with van der Waals surface area (Å²) in [7, 11) is 0. The Morgan fingerprint density at radius 1 is 0.362 bits per heavy atom. The summed E-state index contributed by atoms with van der Waals surface area (Å²) in [6, 6.07) is 39.3. The van der Waals surface area contributed by atoms with Gasteiger partial charge in [-0.05, 0) is 97.5 Å². The van der Waals surface area contributed by atoms with E-state index in [2.05, 4.69) is 0 Å². The van der Waals surface area contributed by atoms with Gasteiger partial charge in [0.15, 0.2) is 23.0 Å². The van der Waals surface area contributed by atoms with Gasteiger partial charge < -0.3 is 18.9 Å². The van der Waals surface area contributed by atoms with E-state index in [1.807, 2.05) is 13.8 Å². The molecule has 6 aromatic carbocycles. The maximum absolute atomic E-state index is 15.1. The molecule has 0 saturated carbocycles. The van der Waals surface area contributed by atoms with Crippen molar-refractivity contribution < 1.29 is 42.9 Å². The minimum Gasteiger partial charge on any atom is -0.419 e. The zero-order valence-electron chi connectivity index (χ0n) is 32.3. The SMILES string of the molecule is CCCCc1ccc(C(=O)c2ccc(CCCC)c(OC(=O)c3ccccc3)c2OC(=O)c2ccccc2)c(OC(=O)c2ccccc2)c1OC(=O)c1ccccc1. The Balaban J connectivity index is 1.56.